The van der Waals surface area contributed by atoms with E-state index in [-0.39, 0.29) is 18.0 Å². The first-order valence-corrected chi connectivity index (χ1v) is 9.36. The SMILES string of the molecule is CCOc1ccc(C(=O)NNC(=O)c2ccccc2OCc2ccc(F)cc2)cc1. The number of para-hydroxylation sites is 1. The van der Waals surface area contributed by atoms with E-state index >= 15 is 0 Å². The Labute approximate surface area is 173 Å². The van der Waals surface area contributed by atoms with Crippen LogP contribution in [0.5, 0.6) is 11.5 Å². The topological polar surface area (TPSA) is 76.7 Å². The largest absolute Gasteiger partial charge is 0.494 e. The van der Waals surface area contributed by atoms with Gasteiger partial charge < -0.3 is 9.47 Å². The molecule has 0 aromatic heterocycles. The minimum absolute atomic E-state index is 0.170. The van der Waals surface area contributed by atoms with Gasteiger partial charge in [0, 0.05) is 5.56 Å². The second-order valence-electron chi connectivity index (χ2n) is 6.28. The molecule has 0 spiro atoms. The smallest absolute Gasteiger partial charge is 0.273 e. The van der Waals surface area contributed by atoms with Crippen LogP contribution in [-0.2, 0) is 6.61 Å². The van der Waals surface area contributed by atoms with Crippen LogP contribution in [0, 0.1) is 5.82 Å². The minimum atomic E-state index is -0.524. The van der Waals surface area contributed by atoms with E-state index in [4.69, 9.17) is 9.47 Å². The van der Waals surface area contributed by atoms with Crippen molar-refractivity contribution in [2.75, 3.05) is 6.61 Å². The van der Waals surface area contributed by atoms with Gasteiger partial charge in [-0.3, -0.25) is 20.4 Å². The zero-order chi connectivity index (χ0) is 21.3. The summed E-state index contributed by atoms with van der Waals surface area (Å²) in [5.74, 6) is -0.318. The van der Waals surface area contributed by atoms with Crippen LogP contribution in [0.3, 0.4) is 0 Å². The Kier molecular flexibility index (Phi) is 7.00. The van der Waals surface area contributed by atoms with Gasteiger partial charge in [-0.1, -0.05) is 24.3 Å². The van der Waals surface area contributed by atoms with Gasteiger partial charge in [-0.15, -0.1) is 0 Å². The van der Waals surface area contributed by atoms with Crippen LogP contribution in [0.25, 0.3) is 0 Å². The average Bonchev–Trinajstić information content (AvgIpc) is 2.78. The summed E-state index contributed by atoms with van der Waals surface area (Å²) in [5, 5.41) is 0. The van der Waals surface area contributed by atoms with Crippen LogP contribution < -0.4 is 20.3 Å². The summed E-state index contributed by atoms with van der Waals surface area (Å²) in [5.41, 5.74) is 6.15. The highest BCUT2D eigenvalue weighted by Crippen LogP contribution is 2.19. The quantitative estimate of drug-likeness (QED) is 0.582. The molecular formula is C23H21FN2O4. The summed E-state index contributed by atoms with van der Waals surface area (Å²) in [7, 11) is 0. The molecular weight excluding hydrogens is 387 g/mol. The molecule has 0 heterocycles. The third-order valence-corrected chi connectivity index (χ3v) is 4.16. The molecule has 0 fully saturated rings. The Morgan fingerprint density at radius 2 is 1.50 bits per heavy atom. The number of hydrogen-bond acceptors (Lipinski definition) is 4. The molecule has 154 valence electrons. The lowest BCUT2D eigenvalue weighted by atomic mass is 10.2. The molecule has 3 aromatic rings. The summed E-state index contributed by atoms with van der Waals surface area (Å²) in [6.45, 7) is 2.57. The molecule has 7 heteroatoms. The van der Waals surface area contributed by atoms with E-state index in [2.05, 4.69) is 10.9 Å². The number of rotatable bonds is 7. The average molecular weight is 408 g/mol. The van der Waals surface area contributed by atoms with E-state index in [9.17, 15) is 14.0 Å². The lowest BCUT2D eigenvalue weighted by Crippen LogP contribution is -2.41. The van der Waals surface area contributed by atoms with E-state index in [1.165, 1.54) is 12.1 Å². The van der Waals surface area contributed by atoms with Crippen LogP contribution in [0.1, 0.15) is 33.2 Å². The summed E-state index contributed by atoms with van der Waals surface area (Å²) in [6, 6.07) is 19.1. The van der Waals surface area contributed by atoms with Crippen molar-refractivity contribution in [2.24, 2.45) is 0 Å². The number of ether oxygens (including phenoxy) is 2. The fraction of sp³-hybridized carbons (Fsp3) is 0.130. The monoisotopic (exact) mass is 408 g/mol. The minimum Gasteiger partial charge on any atom is -0.494 e. The van der Waals surface area contributed by atoms with Gasteiger partial charge in [0.1, 0.15) is 23.9 Å². The summed E-state index contributed by atoms with van der Waals surface area (Å²) in [6.07, 6.45) is 0. The van der Waals surface area contributed by atoms with Gasteiger partial charge in [0.25, 0.3) is 11.8 Å². The van der Waals surface area contributed by atoms with Gasteiger partial charge in [-0.25, -0.2) is 4.39 Å². The van der Waals surface area contributed by atoms with E-state index < -0.39 is 11.8 Å². The predicted molar refractivity (Wildman–Crippen MR) is 110 cm³/mol. The molecule has 6 nitrogen and oxygen atoms in total. The molecule has 0 aliphatic heterocycles. The molecule has 0 radical (unpaired) electrons. The van der Waals surface area contributed by atoms with Crippen LogP contribution >= 0.6 is 0 Å². The highest BCUT2D eigenvalue weighted by Gasteiger charge is 2.14. The van der Waals surface area contributed by atoms with Crippen molar-refractivity contribution in [3.8, 4) is 11.5 Å². The van der Waals surface area contributed by atoms with E-state index in [1.807, 2.05) is 6.92 Å². The number of nitrogens with one attached hydrogen (secondary N) is 2. The fourth-order valence-electron chi connectivity index (χ4n) is 2.64. The number of carbonyl (C=O) groups is 2. The maximum atomic E-state index is 13.0. The first-order valence-electron chi connectivity index (χ1n) is 9.36. The Morgan fingerprint density at radius 1 is 0.833 bits per heavy atom. The maximum Gasteiger partial charge on any atom is 0.273 e. The molecule has 0 saturated heterocycles. The second-order valence-corrected chi connectivity index (χ2v) is 6.28. The first kappa shape index (κ1) is 20.9. The van der Waals surface area contributed by atoms with Crippen molar-refractivity contribution < 1.29 is 23.5 Å². The second kappa shape index (κ2) is 10.1. The van der Waals surface area contributed by atoms with Gasteiger partial charge in [-0.2, -0.15) is 0 Å². The summed E-state index contributed by atoms with van der Waals surface area (Å²) >= 11 is 0. The van der Waals surface area contributed by atoms with Crippen LogP contribution in [0.15, 0.2) is 72.8 Å². The highest BCUT2D eigenvalue weighted by molar-refractivity contribution is 6.00. The number of hydrogen-bond donors (Lipinski definition) is 2. The van der Waals surface area contributed by atoms with Crippen molar-refractivity contribution in [1.82, 2.24) is 10.9 Å². The molecule has 3 aromatic carbocycles. The molecule has 0 aliphatic rings. The molecule has 0 atom stereocenters. The van der Waals surface area contributed by atoms with Gasteiger partial charge in [0.05, 0.1) is 12.2 Å². The maximum absolute atomic E-state index is 13.0. The molecule has 0 bridgehead atoms. The third kappa shape index (κ3) is 5.57. The summed E-state index contributed by atoms with van der Waals surface area (Å²) in [4.78, 5) is 24.8. The van der Waals surface area contributed by atoms with E-state index in [1.54, 1.807) is 60.7 Å². The molecule has 0 aliphatic carbocycles. The molecule has 30 heavy (non-hydrogen) atoms. The zero-order valence-corrected chi connectivity index (χ0v) is 16.4. The molecule has 2 N–H and O–H groups in total. The number of hydrazine groups is 1. The third-order valence-electron chi connectivity index (χ3n) is 4.16. The lowest BCUT2D eigenvalue weighted by molar-refractivity contribution is 0.0844. The van der Waals surface area contributed by atoms with E-state index in [0.717, 1.165) is 5.56 Å². The van der Waals surface area contributed by atoms with Crippen molar-refractivity contribution >= 4 is 11.8 Å². The standard InChI is InChI=1S/C23H21FN2O4/c1-2-29-19-13-9-17(10-14-19)22(27)25-26-23(28)20-5-3-4-6-21(20)30-15-16-7-11-18(24)12-8-16/h3-14H,2,15H2,1H3,(H,25,27)(H,26,28). The zero-order valence-electron chi connectivity index (χ0n) is 16.4. The predicted octanol–water partition coefficient (Wildman–Crippen LogP) is 3.88. The van der Waals surface area contributed by atoms with Crippen molar-refractivity contribution in [3.63, 3.8) is 0 Å². The Hall–Kier alpha value is -3.87. The molecule has 2 amide bonds. The van der Waals surface area contributed by atoms with Gasteiger partial charge in [-0.05, 0) is 61.0 Å². The number of benzene rings is 3. The van der Waals surface area contributed by atoms with Crippen LogP contribution in [-0.4, -0.2) is 18.4 Å². The van der Waals surface area contributed by atoms with Crippen molar-refractivity contribution in [1.29, 1.82) is 0 Å². The van der Waals surface area contributed by atoms with Gasteiger partial charge in [0.2, 0.25) is 0 Å². The fourth-order valence-corrected chi connectivity index (χ4v) is 2.64. The van der Waals surface area contributed by atoms with Crippen molar-refractivity contribution in [2.45, 2.75) is 13.5 Å². The summed E-state index contributed by atoms with van der Waals surface area (Å²) < 4.78 is 24.1. The first-order chi connectivity index (χ1) is 14.6. The number of carbonyl (C=O) groups excluding carboxylic acids is 2. The normalized spacial score (nSPS) is 10.2. The van der Waals surface area contributed by atoms with Gasteiger partial charge in [0.15, 0.2) is 0 Å². The van der Waals surface area contributed by atoms with Gasteiger partial charge >= 0.3 is 0 Å². The van der Waals surface area contributed by atoms with Crippen LogP contribution in [0.2, 0.25) is 0 Å². The Bertz CT molecular complexity index is 1000. The van der Waals surface area contributed by atoms with Crippen LogP contribution in [0.4, 0.5) is 4.39 Å². The number of halogens is 1. The molecule has 3 rings (SSSR count). The lowest BCUT2D eigenvalue weighted by Gasteiger charge is -2.12. The number of amides is 2. The Balaban J connectivity index is 1.59. The molecule has 0 saturated carbocycles. The highest BCUT2D eigenvalue weighted by atomic mass is 19.1. The van der Waals surface area contributed by atoms with Crippen molar-refractivity contribution in [3.05, 3.63) is 95.3 Å². The Morgan fingerprint density at radius 3 is 2.20 bits per heavy atom. The van der Waals surface area contributed by atoms with E-state index in [0.29, 0.717) is 23.7 Å². The molecule has 0 unspecified atom stereocenters.